The van der Waals surface area contributed by atoms with E-state index < -0.39 is 0 Å². The van der Waals surface area contributed by atoms with Crippen LogP contribution in [-0.4, -0.2) is 15.6 Å². The van der Waals surface area contributed by atoms with Crippen molar-refractivity contribution in [3.8, 4) is 6.07 Å². The van der Waals surface area contributed by atoms with Gasteiger partial charge in [0, 0.05) is 25.8 Å². The molecule has 1 rings (SSSR count). The molecule has 0 spiro atoms. The Kier molecular flexibility index (Phi) is 4.14. The fourth-order valence-corrected chi connectivity index (χ4v) is 1.27. The molecule has 0 bridgehead atoms. The van der Waals surface area contributed by atoms with Gasteiger partial charge in [0.15, 0.2) is 0 Å². The zero-order valence-electron chi connectivity index (χ0n) is 8.70. The predicted molar refractivity (Wildman–Crippen MR) is 54.4 cm³/mol. The van der Waals surface area contributed by atoms with Crippen molar-refractivity contribution >= 4 is 0 Å². The van der Waals surface area contributed by atoms with E-state index in [0.29, 0.717) is 6.42 Å². The van der Waals surface area contributed by atoms with Crippen LogP contribution in [0.3, 0.4) is 0 Å². The van der Waals surface area contributed by atoms with Gasteiger partial charge in [-0.3, -0.25) is 0 Å². The molecular formula is C10H16N4. The van der Waals surface area contributed by atoms with Crippen molar-refractivity contribution in [1.29, 1.82) is 5.26 Å². The van der Waals surface area contributed by atoms with Gasteiger partial charge in [0.1, 0.15) is 0 Å². The average molecular weight is 192 g/mol. The van der Waals surface area contributed by atoms with E-state index in [4.69, 9.17) is 5.26 Å². The van der Waals surface area contributed by atoms with Crippen molar-refractivity contribution in [2.24, 2.45) is 7.05 Å². The first kappa shape index (κ1) is 10.7. The maximum absolute atomic E-state index is 8.57. The summed E-state index contributed by atoms with van der Waals surface area (Å²) >= 11 is 0. The minimum absolute atomic E-state index is 0.287. The Labute approximate surface area is 84.6 Å². The van der Waals surface area contributed by atoms with E-state index in [1.807, 2.05) is 17.8 Å². The van der Waals surface area contributed by atoms with Crippen LogP contribution >= 0.6 is 0 Å². The number of nitrogens with one attached hydrogen (secondary N) is 1. The molecule has 0 amide bonds. The molecule has 1 N–H and O–H groups in total. The van der Waals surface area contributed by atoms with E-state index in [-0.39, 0.29) is 6.04 Å². The van der Waals surface area contributed by atoms with Crippen molar-refractivity contribution < 1.29 is 0 Å². The SMILES string of the molecule is CCC(CC#N)NCc1cncn1C. The molecule has 1 heterocycles. The predicted octanol–water partition coefficient (Wildman–Crippen LogP) is 1.20. The molecule has 0 radical (unpaired) electrons. The maximum atomic E-state index is 8.57. The van der Waals surface area contributed by atoms with E-state index in [2.05, 4.69) is 23.3 Å². The summed E-state index contributed by atoms with van der Waals surface area (Å²) in [6.07, 6.45) is 5.16. The highest BCUT2D eigenvalue weighted by molar-refractivity contribution is 4.97. The zero-order valence-corrected chi connectivity index (χ0v) is 8.70. The number of imidazole rings is 1. The number of rotatable bonds is 5. The highest BCUT2D eigenvalue weighted by Crippen LogP contribution is 2.00. The Morgan fingerprint density at radius 3 is 3.00 bits per heavy atom. The fourth-order valence-electron chi connectivity index (χ4n) is 1.27. The van der Waals surface area contributed by atoms with Crippen LogP contribution in [0.5, 0.6) is 0 Å². The molecule has 1 aromatic rings. The standard InChI is InChI=1S/C10H16N4/c1-3-9(4-5-11)13-7-10-6-12-8-14(10)2/h6,8-9,13H,3-4,7H2,1-2H3. The summed E-state index contributed by atoms with van der Waals surface area (Å²) in [5.41, 5.74) is 1.14. The van der Waals surface area contributed by atoms with Gasteiger partial charge in [0.25, 0.3) is 0 Å². The zero-order chi connectivity index (χ0) is 10.4. The lowest BCUT2D eigenvalue weighted by Gasteiger charge is -2.13. The third-order valence-corrected chi connectivity index (χ3v) is 2.32. The largest absolute Gasteiger partial charge is 0.337 e. The van der Waals surface area contributed by atoms with Gasteiger partial charge in [-0.1, -0.05) is 6.92 Å². The van der Waals surface area contributed by atoms with Crippen LogP contribution in [0, 0.1) is 11.3 Å². The monoisotopic (exact) mass is 192 g/mol. The number of aryl methyl sites for hydroxylation is 1. The molecule has 76 valence electrons. The van der Waals surface area contributed by atoms with Crippen LogP contribution in [0.4, 0.5) is 0 Å². The molecule has 4 nitrogen and oxygen atoms in total. The van der Waals surface area contributed by atoms with Gasteiger partial charge in [0.2, 0.25) is 0 Å². The summed E-state index contributed by atoms with van der Waals surface area (Å²) in [5.74, 6) is 0. The van der Waals surface area contributed by atoms with E-state index in [1.165, 1.54) is 0 Å². The van der Waals surface area contributed by atoms with Crippen molar-refractivity contribution in [3.05, 3.63) is 18.2 Å². The van der Waals surface area contributed by atoms with Gasteiger partial charge in [-0.2, -0.15) is 5.26 Å². The smallest absolute Gasteiger partial charge is 0.0945 e. The topological polar surface area (TPSA) is 53.6 Å². The summed E-state index contributed by atoms with van der Waals surface area (Å²) in [5, 5.41) is 11.9. The van der Waals surface area contributed by atoms with E-state index in [9.17, 15) is 0 Å². The Morgan fingerprint density at radius 1 is 1.71 bits per heavy atom. The molecule has 0 saturated heterocycles. The molecule has 0 saturated carbocycles. The lowest BCUT2D eigenvalue weighted by Crippen LogP contribution is -2.28. The molecule has 0 aliphatic carbocycles. The number of hydrogen-bond acceptors (Lipinski definition) is 3. The normalized spacial score (nSPS) is 12.4. The second-order valence-electron chi connectivity index (χ2n) is 3.34. The molecule has 0 aromatic carbocycles. The molecule has 0 fully saturated rings. The lowest BCUT2D eigenvalue weighted by atomic mass is 10.1. The first-order chi connectivity index (χ1) is 6.77. The van der Waals surface area contributed by atoms with Gasteiger partial charge in [-0.15, -0.1) is 0 Å². The molecule has 1 atom stereocenters. The fraction of sp³-hybridized carbons (Fsp3) is 0.600. The van der Waals surface area contributed by atoms with E-state index in [1.54, 1.807) is 6.33 Å². The molecule has 0 aliphatic rings. The number of hydrogen-bond donors (Lipinski definition) is 1. The Hall–Kier alpha value is -1.34. The highest BCUT2D eigenvalue weighted by Gasteiger charge is 2.05. The van der Waals surface area contributed by atoms with E-state index >= 15 is 0 Å². The Balaban J connectivity index is 2.40. The lowest BCUT2D eigenvalue weighted by molar-refractivity contribution is 0.495. The minimum atomic E-state index is 0.287. The summed E-state index contributed by atoms with van der Waals surface area (Å²) in [6.45, 7) is 2.86. The summed E-state index contributed by atoms with van der Waals surface area (Å²) in [4.78, 5) is 4.03. The molecule has 0 aliphatic heterocycles. The first-order valence-electron chi connectivity index (χ1n) is 4.83. The van der Waals surface area contributed by atoms with Crippen LogP contribution in [-0.2, 0) is 13.6 Å². The van der Waals surface area contributed by atoms with Crippen LogP contribution in [0.15, 0.2) is 12.5 Å². The van der Waals surface area contributed by atoms with E-state index in [0.717, 1.165) is 18.7 Å². The molecule has 14 heavy (non-hydrogen) atoms. The number of nitrogens with zero attached hydrogens (tertiary/aromatic N) is 3. The van der Waals surface area contributed by atoms with Gasteiger partial charge in [-0.05, 0) is 6.42 Å². The third kappa shape index (κ3) is 2.86. The van der Waals surface area contributed by atoms with Crippen LogP contribution < -0.4 is 5.32 Å². The third-order valence-electron chi connectivity index (χ3n) is 2.32. The number of aromatic nitrogens is 2. The minimum Gasteiger partial charge on any atom is -0.337 e. The van der Waals surface area contributed by atoms with Crippen LogP contribution in [0.1, 0.15) is 25.5 Å². The summed E-state index contributed by atoms with van der Waals surface area (Å²) in [7, 11) is 1.97. The highest BCUT2D eigenvalue weighted by atomic mass is 15.0. The molecule has 4 heteroatoms. The maximum Gasteiger partial charge on any atom is 0.0945 e. The quantitative estimate of drug-likeness (QED) is 0.762. The Bertz CT molecular complexity index is 310. The summed E-state index contributed by atoms with van der Waals surface area (Å²) < 4.78 is 1.98. The molecule has 1 aromatic heterocycles. The van der Waals surface area contributed by atoms with Gasteiger partial charge in [-0.25, -0.2) is 4.98 Å². The molecule has 1 unspecified atom stereocenters. The van der Waals surface area contributed by atoms with Gasteiger partial charge in [0.05, 0.1) is 24.5 Å². The van der Waals surface area contributed by atoms with Gasteiger partial charge >= 0.3 is 0 Å². The van der Waals surface area contributed by atoms with Crippen LogP contribution in [0.25, 0.3) is 0 Å². The number of nitriles is 1. The average Bonchev–Trinajstić information content (AvgIpc) is 2.59. The van der Waals surface area contributed by atoms with Crippen LogP contribution in [0.2, 0.25) is 0 Å². The first-order valence-corrected chi connectivity index (χ1v) is 4.83. The van der Waals surface area contributed by atoms with Crippen molar-refractivity contribution in [2.45, 2.75) is 32.4 Å². The van der Waals surface area contributed by atoms with Gasteiger partial charge < -0.3 is 9.88 Å². The Morgan fingerprint density at radius 2 is 2.50 bits per heavy atom. The molecular weight excluding hydrogens is 176 g/mol. The van der Waals surface area contributed by atoms with Crippen molar-refractivity contribution in [2.75, 3.05) is 0 Å². The van der Waals surface area contributed by atoms with Crippen molar-refractivity contribution in [3.63, 3.8) is 0 Å². The second-order valence-corrected chi connectivity index (χ2v) is 3.34. The van der Waals surface area contributed by atoms with Crippen molar-refractivity contribution in [1.82, 2.24) is 14.9 Å². The summed E-state index contributed by atoms with van der Waals surface area (Å²) in [6, 6.07) is 2.47. The second kappa shape index (κ2) is 5.40.